The highest BCUT2D eigenvalue weighted by Gasteiger charge is 2.67. The Balaban J connectivity index is 1.48. The minimum Gasteiger partial charge on any atom is -0.401 e. The maximum Gasteiger partial charge on any atom is 0.465 e. The van der Waals surface area contributed by atoms with Crippen LogP contribution in [-0.2, 0) is 14.1 Å². The molecule has 0 N–H and O–H groups in total. The van der Waals surface area contributed by atoms with Gasteiger partial charge in [-0.3, -0.25) is 4.79 Å². The summed E-state index contributed by atoms with van der Waals surface area (Å²) >= 11 is 0. The molecular formula is C22H23BO3. The summed E-state index contributed by atoms with van der Waals surface area (Å²) in [4.78, 5) is 12.1. The van der Waals surface area contributed by atoms with Gasteiger partial charge in [-0.2, -0.15) is 0 Å². The molecule has 0 aromatic heterocycles. The molecule has 2 aromatic carbocycles. The molecule has 4 fully saturated rings. The Morgan fingerprint density at radius 1 is 0.923 bits per heavy atom. The second kappa shape index (κ2) is 6.07. The van der Waals surface area contributed by atoms with Gasteiger partial charge in [-0.25, -0.2) is 0 Å². The van der Waals surface area contributed by atoms with Gasteiger partial charge in [-0.05, 0) is 29.9 Å². The SMILES string of the molecule is C[C@H]1C2C[C@@]1(B1O[C@@H](c3ccccc3)[C@H](c3ccccc3)O1)CCC2=O. The minimum absolute atomic E-state index is 0.00482. The summed E-state index contributed by atoms with van der Waals surface area (Å²) in [6.07, 6.45) is 2.26. The standard InChI is InChI=1S/C22H23BO3/c1-15-18-14-22(15,13-12-19(18)24)23-25-20(16-8-4-2-5-9-16)21(26-23)17-10-6-3-7-11-17/h2-11,15,18,20-21H,12-14H2,1H3/t15-,18?,20-,21-,22-/m0/s1. The number of hydrogen-bond acceptors (Lipinski definition) is 3. The topological polar surface area (TPSA) is 35.5 Å². The molecule has 1 aliphatic heterocycles. The van der Waals surface area contributed by atoms with Crippen LogP contribution in [0.4, 0.5) is 0 Å². The second-order valence-electron chi connectivity index (χ2n) is 8.07. The molecule has 0 spiro atoms. The van der Waals surface area contributed by atoms with Crippen LogP contribution in [0.1, 0.15) is 49.5 Å². The van der Waals surface area contributed by atoms with Crippen LogP contribution in [0, 0.1) is 11.8 Å². The first kappa shape index (κ1) is 16.3. The van der Waals surface area contributed by atoms with Gasteiger partial charge in [0.05, 0.1) is 12.2 Å². The van der Waals surface area contributed by atoms with Crippen molar-refractivity contribution in [2.75, 3.05) is 0 Å². The Morgan fingerprint density at radius 3 is 1.92 bits per heavy atom. The Labute approximate surface area is 154 Å². The molecule has 2 aromatic rings. The predicted octanol–water partition coefficient (Wildman–Crippen LogP) is 4.76. The van der Waals surface area contributed by atoms with Crippen LogP contribution in [-0.4, -0.2) is 12.9 Å². The smallest absolute Gasteiger partial charge is 0.401 e. The summed E-state index contributed by atoms with van der Waals surface area (Å²) in [7, 11) is -0.239. The van der Waals surface area contributed by atoms with E-state index < -0.39 is 0 Å². The molecule has 6 rings (SSSR count). The molecule has 3 aliphatic carbocycles. The molecule has 1 saturated heterocycles. The summed E-state index contributed by atoms with van der Waals surface area (Å²) in [5, 5.41) is -0.00482. The van der Waals surface area contributed by atoms with Crippen LogP contribution in [0.15, 0.2) is 60.7 Å². The molecule has 3 nitrogen and oxygen atoms in total. The lowest BCUT2D eigenvalue weighted by atomic mass is 9.34. The average Bonchev–Trinajstić information content (AvgIpc) is 3.14. The lowest BCUT2D eigenvalue weighted by Gasteiger charge is -2.57. The molecule has 1 unspecified atom stereocenters. The number of ketones is 1. The Bertz CT molecular complexity index is 757. The molecule has 4 heteroatoms. The number of fused-ring (bicyclic) bond motifs is 2. The highest BCUT2D eigenvalue weighted by Crippen LogP contribution is 2.68. The maximum absolute atomic E-state index is 12.1. The third-order valence-electron chi connectivity index (χ3n) is 6.90. The first-order valence-electron chi connectivity index (χ1n) is 9.62. The van der Waals surface area contributed by atoms with Gasteiger partial charge in [0.25, 0.3) is 0 Å². The van der Waals surface area contributed by atoms with E-state index in [1.165, 1.54) is 0 Å². The Hall–Kier alpha value is -1.91. The molecule has 3 saturated carbocycles. The maximum atomic E-state index is 12.1. The number of benzene rings is 2. The number of rotatable bonds is 3. The van der Waals surface area contributed by atoms with Crippen LogP contribution in [0.3, 0.4) is 0 Å². The summed E-state index contributed by atoms with van der Waals surface area (Å²) in [6.45, 7) is 2.20. The van der Waals surface area contributed by atoms with Gasteiger partial charge in [0.1, 0.15) is 5.78 Å². The Kier molecular flexibility index (Phi) is 3.80. The van der Waals surface area contributed by atoms with Gasteiger partial charge in [0.15, 0.2) is 0 Å². The fourth-order valence-corrected chi connectivity index (χ4v) is 5.21. The molecule has 4 aliphatic rings. The van der Waals surface area contributed by atoms with E-state index >= 15 is 0 Å². The van der Waals surface area contributed by atoms with E-state index in [1.807, 2.05) is 36.4 Å². The van der Waals surface area contributed by atoms with Crippen molar-refractivity contribution in [3.05, 3.63) is 71.8 Å². The predicted molar refractivity (Wildman–Crippen MR) is 100 cm³/mol. The van der Waals surface area contributed by atoms with Crippen molar-refractivity contribution < 1.29 is 14.1 Å². The van der Waals surface area contributed by atoms with Gasteiger partial charge < -0.3 is 9.31 Å². The summed E-state index contributed by atoms with van der Waals surface area (Å²) in [5.74, 6) is 0.984. The van der Waals surface area contributed by atoms with E-state index in [0.717, 1.165) is 24.0 Å². The highest BCUT2D eigenvalue weighted by molar-refractivity contribution is 6.50. The monoisotopic (exact) mass is 346 g/mol. The molecule has 1 heterocycles. The number of carbonyl (C=O) groups is 1. The first-order valence-corrected chi connectivity index (χ1v) is 9.62. The van der Waals surface area contributed by atoms with Gasteiger partial charge in [-0.1, -0.05) is 67.6 Å². The van der Waals surface area contributed by atoms with Crippen molar-refractivity contribution in [3.63, 3.8) is 0 Å². The zero-order chi connectivity index (χ0) is 17.7. The van der Waals surface area contributed by atoms with E-state index in [1.54, 1.807) is 0 Å². The molecule has 132 valence electrons. The van der Waals surface area contributed by atoms with Crippen molar-refractivity contribution in [1.29, 1.82) is 0 Å². The van der Waals surface area contributed by atoms with Crippen LogP contribution in [0.25, 0.3) is 0 Å². The van der Waals surface area contributed by atoms with Crippen molar-refractivity contribution in [1.82, 2.24) is 0 Å². The molecule has 0 amide bonds. The average molecular weight is 346 g/mol. The van der Waals surface area contributed by atoms with E-state index in [9.17, 15) is 4.79 Å². The van der Waals surface area contributed by atoms with Crippen molar-refractivity contribution in [2.45, 2.75) is 43.7 Å². The van der Waals surface area contributed by atoms with Crippen LogP contribution in [0.5, 0.6) is 0 Å². The lowest BCUT2D eigenvalue weighted by Crippen LogP contribution is -2.57. The number of carbonyl (C=O) groups excluding carboxylic acids is 1. The number of Topliss-reactive ketones (excluding diaryl/α,β-unsaturated/α-hetero) is 1. The Morgan fingerprint density at radius 2 is 1.46 bits per heavy atom. The first-order chi connectivity index (χ1) is 12.7. The third kappa shape index (κ3) is 2.32. The summed E-state index contributed by atoms with van der Waals surface area (Å²) < 4.78 is 13.1. The van der Waals surface area contributed by atoms with E-state index in [2.05, 4.69) is 31.2 Å². The fraction of sp³-hybridized carbons (Fsp3) is 0.409. The van der Waals surface area contributed by atoms with Crippen LogP contribution < -0.4 is 0 Å². The quantitative estimate of drug-likeness (QED) is 0.752. The molecular weight excluding hydrogens is 323 g/mol. The summed E-state index contributed by atoms with van der Waals surface area (Å²) in [5.41, 5.74) is 2.30. The second-order valence-corrected chi connectivity index (χ2v) is 8.07. The van der Waals surface area contributed by atoms with E-state index in [4.69, 9.17) is 9.31 Å². The van der Waals surface area contributed by atoms with Gasteiger partial charge in [0.2, 0.25) is 0 Å². The van der Waals surface area contributed by atoms with Crippen molar-refractivity contribution >= 4 is 12.9 Å². The van der Waals surface area contributed by atoms with Gasteiger partial charge >= 0.3 is 7.12 Å². The number of hydrogen-bond donors (Lipinski definition) is 0. The zero-order valence-electron chi connectivity index (χ0n) is 15.0. The molecule has 2 bridgehead atoms. The van der Waals surface area contributed by atoms with Crippen LogP contribution in [0.2, 0.25) is 5.31 Å². The molecule has 0 radical (unpaired) electrons. The minimum atomic E-state index is -0.239. The lowest BCUT2D eigenvalue weighted by molar-refractivity contribution is -0.137. The van der Waals surface area contributed by atoms with E-state index in [0.29, 0.717) is 18.1 Å². The highest BCUT2D eigenvalue weighted by atomic mass is 16.7. The van der Waals surface area contributed by atoms with Gasteiger partial charge in [-0.15, -0.1) is 0 Å². The molecule has 26 heavy (non-hydrogen) atoms. The normalized spacial score (nSPS) is 36.0. The largest absolute Gasteiger partial charge is 0.465 e. The van der Waals surface area contributed by atoms with Crippen molar-refractivity contribution in [2.24, 2.45) is 11.8 Å². The third-order valence-corrected chi connectivity index (χ3v) is 6.90. The van der Waals surface area contributed by atoms with Gasteiger partial charge in [0, 0.05) is 17.7 Å². The van der Waals surface area contributed by atoms with Crippen LogP contribution >= 0.6 is 0 Å². The van der Waals surface area contributed by atoms with E-state index in [-0.39, 0.29) is 30.6 Å². The zero-order valence-corrected chi connectivity index (χ0v) is 15.0. The summed E-state index contributed by atoms with van der Waals surface area (Å²) in [6, 6.07) is 20.7. The molecule has 5 atom stereocenters. The van der Waals surface area contributed by atoms with Crippen molar-refractivity contribution in [3.8, 4) is 0 Å². The fourth-order valence-electron chi connectivity index (χ4n) is 5.21.